The first-order chi connectivity index (χ1) is 20.9. The Bertz CT molecular complexity index is 1720. The van der Waals surface area contributed by atoms with Crippen molar-refractivity contribution in [1.29, 1.82) is 0 Å². The molecule has 0 aliphatic heterocycles. The monoisotopic (exact) mass is 563 g/mol. The zero-order valence-electron chi connectivity index (χ0n) is 24.8. The molecule has 214 valence electrons. The molecule has 5 aromatic rings. The van der Waals surface area contributed by atoms with Crippen molar-refractivity contribution < 1.29 is 9.90 Å². The molecule has 1 unspecified atom stereocenters. The average Bonchev–Trinajstić information content (AvgIpc) is 3.04. The molecule has 3 nitrogen and oxygen atoms in total. The van der Waals surface area contributed by atoms with Gasteiger partial charge in [-0.15, -0.1) is 0 Å². The summed E-state index contributed by atoms with van der Waals surface area (Å²) in [6.45, 7) is 4.16. The average molecular weight is 564 g/mol. The van der Waals surface area contributed by atoms with Gasteiger partial charge in [0.1, 0.15) is 5.78 Å². The Labute approximate surface area is 254 Å². The van der Waals surface area contributed by atoms with Gasteiger partial charge in [0.25, 0.3) is 0 Å². The quantitative estimate of drug-likeness (QED) is 0.207. The van der Waals surface area contributed by atoms with E-state index in [4.69, 9.17) is 0 Å². The molecule has 6 rings (SSSR count). The molecule has 0 saturated heterocycles. The largest absolute Gasteiger partial charge is 0.388 e. The molecule has 0 fully saturated rings. The van der Waals surface area contributed by atoms with Crippen LogP contribution in [0.3, 0.4) is 0 Å². The Morgan fingerprint density at radius 1 is 0.744 bits per heavy atom. The van der Waals surface area contributed by atoms with Crippen LogP contribution in [0.4, 0.5) is 0 Å². The molecule has 0 radical (unpaired) electrons. The third-order valence-corrected chi connectivity index (χ3v) is 8.84. The summed E-state index contributed by atoms with van der Waals surface area (Å²) in [7, 11) is 0. The van der Waals surface area contributed by atoms with Gasteiger partial charge in [-0.2, -0.15) is 0 Å². The Balaban J connectivity index is 1.30. The molecule has 0 spiro atoms. The minimum atomic E-state index is -0.864. The fourth-order valence-electron chi connectivity index (χ4n) is 6.29. The molecule has 4 aromatic carbocycles. The lowest BCUT2D eigenvalue weighted by molar-refractivity contribution is -0.125. The maximum atomic E-state index is 13.9. The molecule has 1 aliphatic carbocycles. The standard InChI is InChI=1S/C40H37NO2/c1-27-10-11-30(21-28(27)2)23-38(42)40-37(35-14-12-29(13-15-35)22-31-7-6-20-41-26-31)24-36(25-39(40)43)34-18-16-33(17-19-34)32-8-4-3-5-9-32/h3-21,25-26,37,39-40,43H,22-24H2,1-2H3/t37-,39?,40+/m1/s1. The molecule has 1 aromatic heterocycles. The maximum absolute atomic E-state index is 13.9. The van der Waals surface area contributed by atoms with Crippen molar-refractivity contribution in [3.8, 4) is 11.1 Å². The second-order valence-electron chi connectivity index (χ2n) is 11.8. The second-order valence-corrected chi connectivity index (χ2v) is 11.8. The van der Waals surface area contributed by atoms with Crippen molar-refractivity contribution in [3.05, 3.63) is 167 Å². The van der Waals surface area contributed by atoms with Crippen LogP contribution < -0.4 is 0 Å². The lowest BCUT2D eigenvalue weighted by atomic mass is 9.70. The van der Waals surface area contributed by atoms with Crippen molar-refractivity contribution >= 4 is 11.4 Å². The number of hydrogen-bond donors (Lipinski definition) is 1. The van der Waals surface area contributed by atoms with Gasteiger partial charge in [0.05, 0.1) is 12.0 Å². The summed E-state index contributed by atoms with van der Waals surface area (Å²) < 4.78 is 0. The molecule has 1 aliphatic rings. The summed E-state index contributed by atoms with van der Waals surface area (Å²) >= 11 is 0. The first-order valence-electron chi connectivity index (χ1n) is 15.1. The van der Waals surface area contributed by atoms with E-state index in [0.717, 1.165) is 39.8 Å². The normalized spacial score (nSPS) is 18.2. The number of rotatable bonds is 8. The van der Waals surface area contributed by atoms with Crippen LogP contribution in [0.5, 0.6) is 0 Å². The van der Waals surface area contributed by atoms with E-state index in [-0.39, 0.29) is 11.7 Å². The number of allylic oxidation sites excluding steroid dienone is 1. The number of benzene rings is 4. The van der Waals surface area contributed by atoms with E-state index < -0.39 is 12.0 Å². The zero-order valence-corrected chi connectivity index (χ0v) is 24.8. The van der Waals surface area contributed by atoms with Gasteiger partial charge < -0.3 is 5.11 Å². The van der Waals surface area contributed by atoms with Crippen molar-refractivity contribution in [2.24, 2.45) is 5.92 Å². The SMILES string of the molecule is Cc1ccc(CC(=O)[C@H]2C(O)C=C(c3ccc(-c4ccccc4)cc3)C[C@@H]2c2ccc(Cc3cccnc3)cc2)cc1C. The van der Waals surface area contributed by atoms with Crippen molar-refractivity contribution in [2.45, 2.75) is 45.1 Å². The first-order valence-corrected chi connectivity index (χ1v) is 15.1. The predicted octanol–water partition coefficient (Wildman–Crippen LogP) is 8.32. The summed E-state index contributed by atoms with van der Waals surface area (Å²) in [4.78, 5) is 18.2. The lowest BCUT2D eigenvalue weighted by Crippen LogP contribution is -2.36. The molecular formula is C40H37NO2. The summed E-state index contributed by atoms with van der Waals surface area (Å²) in [5, 5.41) is 11.6. The van der Waals surface area contributed by atoms with E-state index in [1.807, 2.05) is 42.6 Å². The van der Waals surface area contributed by atoms with E-state index in [9.17, 15) is 9.90 Å². The smallest absolute Gasteiger partial charge is 0.143 e. The van der Waals surface area contributed by atoms with Gasteiger partial charge in [-0.05, 0) is 88.4 Å². The topological polar surface area (TPSA) is 50.2 Å². The summed E-state index contributed by atoms with van der Waals surface area (Å²) in [6.07, 6.45) is 6.53. The molecule has 0 amide bonds. The molecule has 43 heavy (non-hydrogen) atoms. The summed E-state index contributed by atoms with van der Waals surface area (Å²) in [6, 6.07) is 37.7. The van der Waals surface area contributed by atoms with Gasteiger partial charge in [0.2, 0.25) is 0 Å². The fraction of sp³-hybridized carbons (Fsp3) is 0.200. The number of ketones is 1. The number of aryl methyl sites for hydroxylation is 2. The number of carbonyl (C=O) groups is 1. The van der Waals surface area contributed by atoms with E-state index >= 15 is 0 Å². The van der Waals surface area contributed by atoms with Gasteiger partial charge in [0.15, 0.2) is 0 Å². The molecule has 0 bridgehead atoms. The number of aliphatic hydroxyl groups excluding tert-OH is 1. The highest BCUT2D eigenvalue weighted by molar-refractivity contribution is 5.87. The highest BCUT2D eigenvalue weighted by Gasteiger charge is 2.38. The highest BCUT2D eigenvalue weighted by Crippen LogP contribution is 2.42. The fourth-order valence-corrected chi connectivity index (χ4v) is 6.29. The van der Waals surface area contributed by atoms with Crippen LogP contribution in [0.1, 0.15) is 51.3 Å². The summed E-state index contributed by atoms with van der Waals surface area (Å²) in [5.74, 6) is -0.566. The van der Waals surface area contributed by atoms with Gasteiger partial charge in [-0.3, -0.25) is 9.78 Å². The van der Waals surface area contributed by atoms with Crippen molar-refractivity contribution in [3.63, 3.8) is 0 Å². The third-order valence-electron chi connectivity index (χ3n) is 8.84. The molecule has 1 heterocycles. The van der Waals surface area contributed by atoms with Gasteiger partial charge in [-0.1, -0.05) is 109 Å². The molecule has 3 heteroatoms. The molecule has 3 atom stereocenters. The van der Waals surface area contributed by atoms with E-state index in [1.54, 1.807) is 6.20 Å². The van der Waals surface area contributed by atoms with Crippen LogP contribution in [-0.4, -0.2) is 22.0 Å². The van der Waals surface area contributed by atoms with Gasteiger partial charge in [-0.25, -0.2) is 0 Å². The maximum Gasteiger partial charge on any atom is 0.143 e. The first kappa shape index (κ1) is 28.5. The predicted molar refractivity (Wildman–Crippen MR) is 175 cm³/mol. The van der Waals surface area contributed by atoms with Crippen molar-refractivity contribution in [2.75, 3.05) is 0 Å². The number of Topliss-reactive ketones (excluding diaryl/α,β-unsaturated/α-hetero) is 1. The van der Waals surface area contributed by atoms with Gasteiger partial charge >= 0.3 is 0 Å². The van der Waals surface area contributed by atoms with Crippen LogP contribution in [0.15, 0.2) is 128 Å². The number of nitrogens with zero attached hydrogens (tertiary/aromatic N) is 1. The lowest BCUT2D eigenvalue weighted by Gasteiger charge is -2.35. The number of aromatic nitrogens is 1. The summed E-state index contributed by atoms with van der Waals surface area (Å²) in [5.41, 5.74) is 11.3. The molecular weight excluding hydrogens is 526 g/mol. The van der Waals surface area contributed by atoms with Crippen LogP contribution in [-0.2, 0) is 17.6 Å². The minimum absolute atomic E-state index is 0.0786. The number of aliphatic hydroxyl groups is 1. The Morgan fingerprint density at radius 3 is 2.14 bits per heavy atom. The van der Waals surface area contributed by atoms with E-state index in [2.05, 4.69) is 97.7 Å². The number of carbonyl (C=O) groups excluding carboxylic acids is 1. The Kier molecular flexibility index (Phi) is 8.44. The van der Waals surface area contributed by atoms with E-state index in [0.29, 0.717) is 12.8 Å². The zero-order chi connectivity index (χ0) is 29.8. The number of hydrogen-bond acceptors (Lipinski definition) is 3. The highest BCUT2D eigenvalue weighted by atomic mass is 16.3. The Morgan fingerprint density at radius 2 is 1.44 bits per heavy atom. The van der Waals surface area contributed by atoms with Crippen LogP contribution in [0.2, 0.25) is 0 Å². The minimum Gasteiger partial charge on any atom is -0.388 e. The Hall–Kier alpha value is -4.60. The van der Waals surface area contributed by atoms with E-state index in [1.165, 1.54) is 22.3 Å². The number of pyridine rings is 1. The van der Waals surface area contributed by atoms with Crippen LogP contribution in [0, 0.1) is 19.8 Å². The third kappa shape index (κ3) is 6.58. The van der Waals surface area contributed by atoms with Crippen LogP contribution >= 0.6 is 0 Å². The van der Waals surface area contributed by atoms with Crippen LogP contribution in [0.25, 0.3) is 16.7 Å². The second kappa shape index (κ2) is 12.7. The molecule has 0 saturated carbocycles. The van der Waals surface area contributed by atoms with Crippen molar-refractivity contribution in [1.82, 2.24) is 4.98 Å². The molecule has 1 N–H and O–H groups in total. The van der Waals surface area contributed by atoms with Gasteiger partial charge in [0, 0.05) is 24.7 Å².